The lowest BCUT2D eigenvalue weighted by molar-refractivity contribution is 0.262. The maximum atomic E-state index is 10.8. The van der Waals surface area contributed by atoms with Gasteiger partial charge in [-0.15, -0.1) is 0 Å². The van der Waals surface area contributed by atoms with E-state index in [0.717, 1.165) is 5.56 Å². The fourth-order valence-electron chi connectivity index (χ4n) is 0.625. The molecule has 0 unspecified atom stereocenters. The molecule has 1 aromatic heterocycles. The van der Waals surface area contributed by atoms with Crippen LogP contribution in [-0.2, 0) is 5.75 Å². The zero-order valence-corrected chi connectivity index (χ0v) is 7.47. The number of hydrogen-bond acceptors (Lipinski definition) is 4. The van der Waals surface area contributed by atoms with Crippen molar-refractivity contribution < 1.29 is 4.79 Å². The Morgan fingerprint density at radius 1 is 1.67 bits per heavy atom. The van der Waals surface area contributed by atoms with Gasteiger partial charge in [-0.25, -0.2) is 0 Å². The molecule has 0 aliphatic heterocycles. The van der Waals surface area contributed by atoms with Crippen molar-refractivity contribution in [1.82, 2.24) is 15.5 Å². The second-order valence-electron chi connectivity index (χ2n) is 2.08. The number of nitrogens with one attached hydrogen (secondary N) is 1. The summed E-state index contributed by atoms with van der Waals surface area (Å²) in [5, 5.41) is 9.81. The highest BCUT2D eigenvalue weighted by Crippen LogP contribution is 2.09. The Morgan fingerprint density at radius 3 is 3.08 bits per heavy atom. The van der Waals surface area contributed by atoms with Gasteiger partial charge in [-0.3, -0.25) is 4.79 Å². The highest BCUT2D eigenvalue weighted by molar-refractivity contribution is 8.12. The van der Waals surface area contributed by atoms with Crippen molar-refractivity contribution in [2.75, 3.05) is 7.05 Å². The predicted molar refractivity (Wildman–Crippen MR) is 47.8 cm³/mol. The van der Waals surface area contributed by atoms with Crippen molar-refractivity contribution in [2.24, 2.45) is 0 Å². The Labute approximate surface area is 74.8 Å². The fourth-order valence-corrected chi connectivity index (χ4v) is 1.24. The van der Waals surface area contributed by atoms with Crippen LogP contribution in [0.4, 0.5) is 4.79 Å². The highest BCUT2D eigenvalue weighted by Gasteiger charge is 1.98. The van der Waals surface area contributed by atoms with Crippen LogP contribution < -0.4 is 5.32 Å². The van der Waals surface area contributed by atoms with Crippen molar-refractivity contribution in [3.8, 4) is 0 Å². The fraction of sp³-hybridized carbons (Fsp3) is 0.286. The van der Waals surface area contributed by atoms with Crippen LogP contribution in [0, 0.1) is 0 Å². The third-order valence-electron chi connectivity index (χ3n) is 1.22. The van der Waals surface area contributed by atoms with Crippen LogP contribution >= 0.6 is 11.8 Å². The third kappa shape index (κ3) is 2.87. The summed E-state index contributed by atoms with van der Waals surface area (Å²) in [6.07, 6.45) is 3.26. The van der Waals surface area contributed by atoms with Crippen LogP contribution in [0.15, 0.2) is 18.5 Å². The minimum absolute atomic E-state index is 0.0354. The quantitative estimate of drug-likeness (QED) is 0.744. The minimum Gasteiger partial charge on any atom is -0.350 e. The molecule has 1 amide bonds. The molecule has 0 atom stereocenters. The molecule has 64 valence electrons. The first-order chi connectivity index (χ1) is 5.83. The number of aromatic nitrogens is 2. The van der Waals surface area contributed by atoms with E-state index < -0.39 is 0 Å². The molecule has 12 heavy (non-hydrogen) atoms. The molecule has 1 heterocycles. The van der Waals surface area contributed by atoms with Gasteiger partial charge in [0.25, 0.3) is 5.24 Å². The summed E-state index contributed by atoms with van der Waals surface area (Å²) in [4.78, 5) is 10.8. The van der Waals surface area contributed by atoms with Gasteiger partial charge < -0.3 is 5.32 Å². The van der Waals surface area contributed by atoms with E-state index in [1.165, 1.54) is 11.8 Å². The van der Waals surface area contributed by atoms with Crippen molar-refractivity contribution >= 4 is 17.0 Å². The van der Waals surface area contributed by atoms with Gasteiger partial charge in [0.2, 0.25) is 0 Å². The zero-order valence-electron chi connectivity index (χ0n) is 6.65. The van der Waals surface area contributed by atoms with E-state index in [1.807, 2.05) is 6.07 Å². The third-order valence-corrected chi connectivity index (χ3v) is 2.16. The molecule has 0 aromatic carbocycles. The Bertz CT molecular complexity index is 252. The topological polar surface area (TPSA) is 54.9 Å². The number of thioether (sulfide) groups is 1. The molecule has 0 saturated carbocycles. The van der Waals surface area contributed by atoms with Crippen LogP contribution in [0.1, 0.15) is 5.56 Å². The minimum atomic E-state index is -0.0354. The Hall–Kier alpha value is -1.10. The molecule has 1 rings (SSSR count). The maximum absolute atomic E-state index is 10.8. The molecule has 0 bridgehead atoms. The monoisotopic (exact) mass is 183 g/mol. The summed E-state index contributed by atoms with van der Waals surface area (Å²) in [7, 11) is 1.61. The molecular formula is C7H9N3OS. The number of carbonyl (C=O) groups excluding carboxylic acids is 1. The van der Waals surface area contributed by atoms with Crippen LogP contribution in [-0.4, -0.2) is 22.5 Å². The van der Waals surface area contributed by atoms with Crippen molar-refractivity contribution in [1.29, 1.82) is 0 Å². The smallest absolute Gasteiger partial charge is 0.279 e. The molecular weight excluding hydrogens is 174 g/mol. The number of nitrogens with zero attached hydrogens (tertiary/aromatic N) is 2. The molecule has 0 aliphatic rings. The van der Waals surface area contributed by atoms with Crippen molar-refractivity contribution in [3.63, 3.8) is 0 Å². The van der Waals surface area contributed by atoms with Gasteiger partial charge in [0, 0.05) is 19.0 Å². The van der Waals surface area contributed by atoms with Crippen LogP contribution in [0.2, 0.25) is 0 Å². The number of amides is 1. The first kappa shape index (κ1) is 8.99. The summed E-state index contributed by atoms with van der Waals surface area (Å²) in [6, 6.07) is 1.84. The second-order valence-corrected chi connectivity index (χ2v) is 3.02. The molecule has 0 spiro atoms. The van der Waals surface area contributed by atoms with Crippen LogP contribution in [0.5, 0.6) is 0 Å². The van der Waals surface area contributed by atoms with Crippen LogP contribution in [0.25, 0.3) is 0 Å². The van der Waals surface area contributed by atoms with Gasteiger partial charge in [0.15, 0.2) is 0 Å². The van der Waals surface area contributed by atoms with Gasteiger partial charge in [-0.05, 0) is 11.6 Å². The van der Waals surface area contributed by atoms with E-state index >= 15 is 0 Å². The van der Waals surface area contributed by atoms with E-state index in [4.69, 9.17) is 0 Å². The van der Waals surface area contributed by atoms with Crippen molar-refractivity contribution in [3.05, 3.63) is 24.0 Å². The Morgan fingerprint density at radius 2 is 2.50 bits per heavy atom. The standard InChI is InChI=1S/C7H9N3OS/c1-8-7(11)12-5-6-2-3-9-10-4-6/h2-4H,5H2,1H3,(H,8,11). The lowest BCUT2D eigenvalue weighted by Gasteiger charge is -1.97. The van der Waals surface area contributed by atoms with E-state index in [9.17, 15) is 4.79 Å². The molecule has 4 nitrogen and oxygen atoms in total. The SMILES string of the molecule is CNC(=O)SCc1ccnnc1. The molecule has 1 aromatic rings. The van der Waals surface area contributed by atoms with Gasteiger partial charge in [0.05, 0.1) is 6.20 Å². The average molecular weight is 183 g/mol. The largest absolute Gasteiger partial charge is 0.350 e. The Kier molecular flexibility index (Phi) is 3.53. The van der Waals surface area contributed by atoms with Gasteiger partial charge >= 0.3 is 0 Å². The lowest BCUT2D eigenvalue weighted by atomic mass is 10.4. The predicted octanol–water partition coefficient (Wildman–Crippen LogP) is 1.05. The van der Waals surface area contributed by atoms with E-state index in [2.05, 4.69) is 15.5 Å². The molecule has 1 N–H and O–H groups in total. The number of rotatable bonds is 2. The van der Waals surface area contributed by atoms with Crippen molar-refractivity contribution in [2.45, 2.75) is 5.75 Å². The first-order valence-corrected chi connectivity index (χ1v) is 4.41. The number of carbonyl (C=O) groups is 1. The van der Waals surface area contributed by atoms with E-state index in [0.29, 0.717) is 5.75 Å². The summed E-state index contributed by atoms with van der Waals surface area (Å²) in [6.45, 7) is 0. The molecule has 0 fully saturated rings. The molecule has 5 heteroatoms. The van der Waals surface area contributed by atoms with E-state index in [-0.39, 0.29) is 5.24 Å². The first-order valence-electron chi connectivity index (χ1n) is 3.43. The lowest BCUT2D eigenvalue weighted by Crippen LogP contribution is -2.11. The molecule has 0 radical (unpaired) electrons. The second kappa shape index (κ2) is 4.71. The number of hydrogen-bond donors (Lipinski definition) is 1. The summed E-state index contributed by atoms with van der Waals surface area (Å²) >= 11 is 1.21. The maximum Gasteiger partial charge on any atom is 0.279 e. The van der Waals surface area contributed by atoms with Gasteiger partial charge in [-0.2, -0.15) is 10.2 Å². The highest BCUT2D eigenvalue weighted by atomic mass is 32.2. The van der Waals surface area contributed by atoms with Gasteiger partial charge in [0.1, 0.15) is 0 Å². The molecule has 0 aliphatic carbocycles. The molecule has 0 saturated heterocycles. The normalized spacial score (nSPS) is 9.42. The van der Waals surface area contributed by atoms with Crippen LogP contribution in [0.3, 0.4) is 0 Å². The van der Waals surface area contributed by atoms with E-state index in [1.54, 1.807) is 19.4 Å². The summed E-state index contributed by atoms with van der Waals surface area (Å²) < 4.78 is 0. The van der Waals surface area contributed by atoms with Gasteiger partial charge in [-0.1, -0.05) is 11.8 Å². The average Bonchev–Trinajstić information content (AvgIpc) is 2.16. The zero-order chi connectivity index (χ0) is 8.81. The summed E-state index contributed by atoms with van der Waals surface area (Å²) in [5.74, 6) is 0.634. The Balaban J connectivity index is 2.38. The summed E-state index contributed by atoms with van der Waals surface area (Å²) in [5.41, 5.74) is 0.999.